The smallest absolute Gasteiger partial charge is 0.211 e. The van der Waals surface area contributed by atoms with E-state index in [0.717, 1.165) is 25.7 Å². The quantitative estimate of drug-likeness (QED) is 0.572. The largest absolute Gasteiger partial charge is 0.385 e. The van der Waals surface area contributed by atoms with Crippen LogP contribution in [0, 0.1) is 5.92 Å². The maximum atomic E-state index is 11.8. The molecular formula is C11H22ClNO3S. The van der Waals surface area contributed by atoms with E-state index in [1.165, 1.54) is 0 Å². The predicted molar refractivity (Wildman–Crippen MR) is 69.9 cm³/mol. The van der Waals surface area contributed by atoms with Crippen LogP contribution in [0.3, 0.4) is 0 Å². The van der Waals surface area contributed by atoms with Crippen LogP contribution in [0.15, 0.2) is 0 Å². The highest BCUT2D eigenvalue weighted by Gasteiger charge is 2.27. The van der Waals surface area contributed by atoms with Crippen molar-refractivity contribution in [2.45, 2.75) is 38.1 Å². The highest BCUT2D eigenvalue weighted by molar-refractivity contribution is 7.89. The molecule has 0 heterocycles. The molecule has 0 aromatic heterocycles. The number of hydrogen-bond acceptors (Lipinski definition) is 3. The van der Waals surface area contributed by atoms with Crippen LogP contribution in [0.5, 0.6) is 0 Å². The van der Waals surface area contributed by atoms with Crippen molar-refractivity contribution in [1.82, 2.24) is 4.72 Å². The lowest BCUT2D eigenvalue weighted by atomic mass is 9.86. The minimum absolute atomic E-state index is 0.0220. The summed E-state index contributed by atoms with van der Waals surface area (Å²) in [4.78, 5) is 0. The van der Waals surface area contributed by atoms with Gasteiger partial charge in [0.1, 0.15) is 0 Å². The summed E-state index contributed by atoms with van der Waals surface area (Å²) in [5.74, 6) is 0.944. The molecule has 1 aliphatic carbocycles. The van der Waals surface area contributed by atoms with Gasteiger partial charge in [0.05, 0.1) is 5.75 Å². The molecular weight excluding hydrogens is 262 g/mol. The first kappa shape index (κ1) is 15.2. The lowest BCUT2D eigenvalue weighted by Gasteiger charge is -2.30. The van der Waals surface area contributed by atoms with Gasteiger partial charge in [0, 0.05) is 25.6 Å². The number of ether oxygens (including phenoxy) is 1. The standard InChI is InChI=1S/C11H22ClNO3S/c1-16-7-4-8-17(14,15)13-11-6-3-2-5-10(11)9-12/h10-11,13H,2-9H2,1H3. The molecule has 0 amide bonds. The molecule has 2 unspecified atom stereocenters. The fourth-order valence-corrected chi connectivity index (χ4v) is 3.99. The Morgan fingerprint density at radius 1 is 1.35 bits per heavy atom. The van der Waals surface area contributed by atoms with E-state index in [-0.39, 0.29) is 17.7 Å². The lowest BCUT2D eigenvalue weighted by molar-refractivity contribution is 0.199. The number of halogens is 1. The molecule has 1 saturated carbocycles. The zero-order chi connectivity index (χ0) is 12.7. The zero-order valence-corrected chi connectivity index (χ0v) is 11.9. The Hall–Kier alpha value is 0.160. The summed E-state index contributed by atoms with van der Waals surface area (Å²) in [6.45, 7) is 0.477. The summed E-state index contributed by atoms with van der Waals surface area (Å²) in [5.41, 5.74) is 0. The molecule has 102 valence electrons. The predicted octanol–water partition coefficient (Wildman–Crippen LogP) is 1.74. The topological polar surface area (TPSA) is 55.4 Å². The Balaban J connectivity index is 2.44. The van der Waals surface area contributed by atoms with Crippen LogP contribution in [-0.2, 0) is 14.8 Å². The van der Waals surface area contributed by atoms with E-state index >= 15 is 0 Å². The first-order valence-electron chi connectivity index (χ1n) is 6.14. The molecule has 0 aromatic carbocycles. The van der Waals surface area contributed by atoms with Gasteiger partial charge in [-0.05, 0) is 25.2 Å². The number of hydrogen-bond donors (Lipinski definition) is 1. The van der Waals surface area contributed by atoms with Crippen LogP contribution in [-0.4, -0.2) is 39.8 Å². The second-order valence-corrected chi connectivity index (χ2v) is 6.77. The Labute approximate surface area is 109 Å². The van der Waals surface area contributed by atoms with Gasteiger partial charge >= 0.3 is 0 Å². The molecule has 0 radical (unpaired) electrons. The molecule has 17 heavy (non-hydrogen) atoms. The van der Waals surface area contributed by atoms with Crippen molar-refractivity contribution in [3.8, 4) is 0 Å². The van der Waals surface area contributed by atoms with Crippen molar-refractivity contribution >= 4 is 21.6 Å². The summed E-state index contributed by atoms with van der Waals surface area (Å²) in [6, 6.07) is 0.0220. The molecule has 1 fully saturated rings. The molecule has 1 rings (SSSR count). The number of sulfonamides is 1. The molecule has 1 aliphatic rings. The van der Waals surface area contributed by atoms with Gasteiger partial charge in [0.25, 0.3) is 0 Å². The molecule has 2 atom stereocenters. The number of nitrogens with one attached hydrogen (secondary N) is 1. The van der Waals surface area contributed by atoms with Gasteiger partial charge in [-0.3, -0.25) is 0 Å². The van der Waals surface area contributed by atoms with E-state index in [9.17, 15) is 8.42 Å². The van der Waals surface area contributed by atoms with Crippen molar-refractivity contribution in [2.24, 2.45) is 5.92 Å². The summed E-state index contributed by atoms with van der Waals surface area (Å²) >= 11 is 5.88. The van der Waals surface area contributed by atoms with Crippen molar-refractivity contribution < 1.29 is 13.2 Å². The second-order valence-electron chi connectivity index (χ2n) is 4.59. The first-order valence-corrected chi connectivity index (χ1v) is 8.32. The Bertz CT molecular complexity index is 308. The fraction of sp³-hybridized carbons (Fsp3) is 1.00. The Morgan fingerprint density at radius 2 is 2.06 bits per heavy atom. The minimum atomic E-state index is -3.19. The number of alkyl halides is 1. The van der Waals surface area contributed by atoms with E-state index in [1.807, 2.05) is 0 Å². The summed E-state index contributed by atoms with van der Waals surface area (Å²) in [5, 5.41) is 0. The van der Waals surface area contributed by atoms with E-state index in [0.29, 0.717) is 18.9 Å². The summed E-state index contributed by atoms with van der Waals surface area (Å²) < 4.78 is 31.3. The van der Waals surface area contributed by atoms with Crippen LogP contribution in [0.25, 0.3) is 0 Å². The highest BCUT2D eigenvalue weighted by atomic mass is 35.5. The third-order valence-electron chi connectivity index (χ3n) is 3.20. The number of rotatable bonds is 7. The van der Waals surface area contributed by atoms with Crippen molar-refractivity contribution in [2.75, 3.05) is 25.3 Å². The molecule has 0 saturated heterocycles. The highest BCUT2D eigenvalue weighted by Crippen LogP contribution is 2.25. The molecule has 0 spiro atoms. The van der Waals surface area contributed by atoms with Gasteiger partial charge in [-0.25, -0.2) is 13.1 Å². The second kappa shape index (κ2) is 7.56. The third kappa shape index (κ3) is 5.55. The van der Waals surface area contributed by atoms with Crippen LogP contribution in [0.2, 0.25) is 0 Å². The van der Waals surface area contributed by atoms with Gasteiger partial charge in [-0.1, -0.05) is 12.8 Å². The third-order valence-corrected chi connectivity index (χ3v) is 5.08. The van der Waals surface area contributed by atoms with Gasteiger partial charge in [-0.2, -0.15) is 0 Å². The molecule has 6 heteroatoms. The Morgan fingerprint density at radius 3 is 2.71 bits per heavy atom. The van der Waals surface area contributed by atoms with E-state index < -0.39 is 10.0 Å². The van der Waals surface area contributed by atoms with Gasteiger partial charge in [0.15, 0.2) is 0 Å². The molecule has 1 N–H and O–H groups in total. The van der Waals surface area contributed by atoms with Crippen LogP contribution >= 0.6 is 11.6 Å². The van der Waals surface area contributed by atoms with Crippen LogP contribution in [0.4, 0.5) is 0 Å². The van der Waals surface area contributed by atoms with Gasteiger partial charge in [-0.15, -0.1) is 11.6 Å². The monoisotopic (exact) mass is 283 g/mol. The maximum absolute atomic E-state index is 11.8. The van der Waals surface area contributed by atoms with Crippen molar-refractivity contribution in [3.63, 3.8) is 0 Å². The van der Waals surface area contributed by atoms with Crippen LogP contribution < -0.4 is 4.72 Å². The van der Waals surface area contributed by atoms with E-state index in [1.54, 1.807) is 7.11 Å². The van der Waals surface area contributed by atoms with E-state index in [4.69, 9.17) is 16.3 Å². The fourth-order valence-electron chi connectivity index (χ4n) is 2.23. The Kier molecular flexibility index (Phi) is 6.77. The van der Waals surface area contributed by atoms with E-state index in [2.05, 4.69) is 4.72 Å². The summed E-state index contributed by atoms with van der Waals surface area (Å²) in [7, 11) is -1.61. The van der Waals surface area contributed by atoms with Crippen molar-refractivity contribution in [1.29, 1.82) is 0 Å². The SMILES string of the molecule is COCCCS(=O)(=O)NC1CCCCC1CCl. The molecule has 0 aromatic rings. The summed E-state index contributed by atoms with van der Waals surface area (Å²) in [6.07, 6.45) is 4.69. The molecule has 4 nitrogen and oxygen atoms in total. The van der Waals surface area contributed by atoms with Gasteiger partial charge < -0.3 is 4.74 Å². The molecule has 0 bridgehead atoms. The minimum Gasteiger partial charge on any atom is -0.385 e. The molecule has 0 aliphatic heterocycles. The first-order chi connectivity index (χ1) is 8.09. The van der Waals surface area contributed by atoms with Crippen LogP contribution in [0.1, 0.15) is 32.1 Å². The average molecular weight is 284 g/mol. The normalized spacial score (nSPS) is 26.0. The van der Waals surface area contributed by atoms with Crippen molar-refractivity contribution in [3.05, 3.63) is 0 Å². The lowest BCUT2D eigenvalue weighted by Crippen LogP contribution is -2.43. The number of methoxy groups -OCH3 is 1. The maximum Gasteiger partial charge on any atom is 0.211 e. The average Bonchev–Trinajstić information content (AvgIpc) is 2.29. The zero-order valence-electron chi connectivity index (χ0n) is 10.3. The van der Waals surface area contributed by atoms with Gasteiger partial charge in [0.2, 0.25) is 10.0 Å².